The molecule has 0 aliphatic carbocycles. The molecular formula is C9H6BrNO. The van der Waals surface area contributed by atoms with Gasteiger partial charge in [-0.3, -0.25) is 0 Å². The van der Waals surface area contributed by atoms with E-state index in [1.807, 2.05) is 30.3 Å². The number of nitrogens with zero attached hydrogens (tertiary/aromatic N) is 1. The summed E-state index contributed by atoms with van der Waals surface area (Å²) in [6, 6.07) is 9.88. The SMILES string of the molecule is Brc1ocnc1-c1ccccc1. The van der Waals surface area contributed by atoms with Gasteiger partial charge >= 0.3 is 0 Å². The summed E-state index contributed by atoms with van der Waals surface area (Å²) in [5.41, 5.74) is 1.90. The fourth-order valence-electron chi connectivity index (χ4n) is 1.02. The van der Waals surface area contributed by atoms with Gasteiger partial charge in [-0.05, 0) is 15.9 Å². The van der Waals surface area contributed by atoms with Gasteiger partial charge in [-0.25, -0.2) is 4.98 Å². The summed E-state index contributed by atoms with van der Waals surface area (Å²) in [6.45, 7) is 0. The Morgan fingerprint density at radius 1 is 1.17 bits per heavy atom. The molecule has 0 aliphatic heterocycles. The number of rotatable bonds is 1. The monoisotopic (exact) mass is 223 g/mol. The summed E-state index contributed by atoms with van der Waals surface area (Å²) in [4.78, 5) is 4.07. The predicted octanol–water partition coefficient (Wildman–Crippen LogP) is 3.10. The number of oxazole rings is 1. The molecule has 0 saturated carbocycles. The third kappa shape index (κ3) is 1.28. The lowest BCUT2D eigenvalue weighted by Gasteiger charge is -1.93. The van der Waals surface area contributed by atoms with E-state index in [-0.39, 0.29) is 0 Å². The van der Waals surface area contributed by atoms with Crippen LogP contribution in [0.4, 0.5) is 0 Å². The topological polar surface area (TPSA) is 26.0 Å². The smallest absolute Gasteiger partial charge is 0.197 e. The maximum atomic E-state index is 5.02. The van der Waals surface area contributed by atoms with Crippen LogP contribution in [-0.2, 0) is 0 Å². The predicted molar refractivity (Wildman–Crippen MR) is 49.6 cm³/mol. The van der Waals surface area contributed by atoms with Crippen LogP contribution in [0.5, 0.6) is 0 Å². The summed E-state index contributed by atoms with van der Waals surface area (Å²) in [5.74, 6) is 0. The van der Waals surface area contributed by atoms with E-state index in [4.69, 9.17) is 4.42 Å². The molecule has 0 unspecified atom stereocenters. The minimum atomic E-state index is 0.675. The average Bonchev–Trinajstić information content (AvgIpc) is 2.53. The Labute approximate surface area is 78.4 Å². The quantitative estimate of drug-likeness (QED) is 0.743. The van der Waals surface area contributed by atoms with Crippen molar-refractivity contribution >= 4 is 15.9 Å². The first-order valence-corrected chi connectivity index (χ1v) is 4.31. The van der Waals surface area contributed by atoms with Crippen molar-refractivity contribution in [3.8, 4) is 11.3 Å². The van der Waals surface area contributed by atoms with Crippen molar-refractivity contribution < 1.29 is 4.42 Å². The fourth-order valence-corrected chi connectivity index (χ4v) is 1.43. The zero-order valence-corrected chi connectivity index (χ0v) is 7.78. The molecule has 0 atom stereocenters. The summed E-state index contributed by atoms with van der Waals surface area (Å²) in [5, 5.41) is 0. The van der Waals surface area contributed by atoms with Crippen LogP contribution in [0.1, 0.15) is 0 Å². The molecule has 0 fully saturated rings. The minimum absolute atomic E-state index is 0.675. The van der Waals surface area contributed by atoms with Crippen molar-refractivity contribution in [3.05, 3.63) is 41.4 Å². The van der Waals surface area contributed by atoms with Crippen molar-refractivity contribution in [2.24, 2.45) is 0 Å². The first-order valence-electron chi connectivity index (χ1n) is 3.52. The number of hydrogen-bond donors (Lipinski definition) is 0. The van der Waals surface area contributed by atoms with Crippen LogP contribution in [0.2, 0.25) is 0 Å². The number of hydrogen-bond acceptors (Lipinski definition) is 2. The molecule has 0 spiro atoms. The Morgan fingerprint density at radius 3 is 2.50 bits per heavy atom. The Hall–Kier alpha value is -1.09. The molecule has 0 aliphatic rings. The number of aromatic nitrogens is 1. The molecule has 12 heavy (non-hydrogen) atoms. The van der Waals surface area contributed by atoms with Crippen LogP contribution in [0.15, 0.2) is 45.8 Å². The van der Waals surface area contributed by atoms with Gasteiger partial charge in [0.25, 0.3) is 0 Å². The average molecular weight is 224 g/mol. The van der Waals surface area contributed by atoms with Gasteiger partial charge in [-0.1, -0.05) is 30.3 Å². The van der Waals surface area contributed by atoms with Crippen LogP contribution in [0.3, 0.4) is 0 Å². The molecule has 60 valence electrons. The molecule has 2 nitrogen and oxygen atoms in total. The molecule has 3 heteroatoms. The zero-order chi connectivity index (χ0) is 8.39. The van der Waals surface area contributed by atoms with Crippen molar-refractivity contribution in [2.45, 2.75) is 0 Å². The first-order chi connectivity index (χ1) is 5.88. The highest BCUT2D eigenvalue weighted by molar-refractivity contribution is 9.10. The van der Waals surface area contributed by atoms with Gasteiger partial charge < -0.3 is 4.42 Å². The van der Waals surface area contributed by atoms with Crippen LogP contribution >= 0.6 is 15.9 Å². The Morgan fingerprint density at radius 2 is 1.92 bits per heavy atom. The van der Waals surface area contributed by atoms with Crippen molar-refractivity contribution in [1.29, 1.82) is 0 Å². The molecule has 1 heterocycles. The highest BCUT2D eigenvalue weighted by Crippen LogP contribution is 2.25. The lowest BCUT2D eigenvalue weighted by atomic mass is 10.2. The van der Waals surface area contributed by atoms with Gasteiger partial charge in [0, 0.05) is 5.56 Å². The van der Waals surface area contributed by atoms with Crippen LogP contribution in [0, 0.1) is 0 Å². The normalized spacial score (nSPS) is 10.1. The molecule has 0 amide bonds. The largest absolute Gasteiger partial charge is 0.436 e. The van der Waals surface area contributed by atoms with Crippen molar-refractivity contribution in [2.75, 3.05) is 0 Å². The van der Waals surface area contributed by atoms with E-state index in [2.05, 4.69) is 20.9 Å². The summed E-state index contributed by atoms with van der Waals surface area (Å²) < 4.78 is 5.70. The van der Waals surface area contributed by atoms with Crippen LogP contribution < -0.4 is 0 Å². The van der Waals surface area contributed by atoms with Gasteiger partial charge in [-0.2, -0.15) is 0 Å². The summed E-state index contributed by atoms with van der Waals surface area (Å²) in [7, 11) is 0. The lowest BCUT2D eigenvalue weighted by molar-refractivity contribution is 0.534. The highest BCUT2D eigenvalue weighted by Gasteiger charge is 2.05. The summed E-state index contributed by atoms with van der Waals surface area (Å²) in [6.07, 6.45) is 1.42. The third-order valence-corrected chi connectivity index (χ3v) is 2.13. The molecule has 0 radical (unpaired) electrons. The van der Waals surface area contributed by atoms with E-state index in [9.17, 15) is 0 Å². The molecule has 0 N–H and O–H groups in total. The van der Waals surface area contributed by atoms with Crippen molar-refractivity contribution in [3.63, 3.8) is 0 Å². The van der Waals surface area contributed by atoms with Gasteiger partial charge in [0.1, 0.15) is 5.69 Å². The van der Waals surface area contributed by atoms with E-state index >= 15 is 0 Å². The van der Waals surface area contributed by atoms with E-state index in [1.54, 1.807) is 0 Å². The van der Waals surface area contributed by atoms with Gasteiger partial charge in [0.05, 0.1) is 0 Å². The van der Waals surface area contributed by atoms with E-state index in [0.29, 0.717) is 4.67 Å². The first kappa shape index (κ1) is 7.55. The molecular weight excluding hydrogens is 218 g/mol. The van der Waals surface area contributed by atoms with Gasteiger partial charge in [0.2, 0.25) is 0 Å². The second-order valence-electron chi connectivity index (χ2n) is 2.34. The van der Waals surface area contributed by atoms with Crippen LogP contribution in [0.25, 0.3) is 11.3 Å². The van der Waals surface area contributed by atoms with E-state index in [0.717, 1.165) is 11.3 Å². The molecule has 0 bridgehead atoms. The third-order valence-electron chi connectivity index (χ3n) is 1.57. The molecule has 2 aromatic rings. The van der Waals surface area contributed by atoms with Crippen molar-refractivity contribution in [1.82, 2.24) is 4.98 Å². The minimum Gasteiger partial charge on any atom is -0.436 e. The molecule has 2 rings (SSSR count). The molecule has 1 aromatic heterocycles. The maximum Gasteiger partial charge on any atom is 0.197 e. The second kappa shape index (κ2) is 3.11. The van der Waals surface area contributed by atoms with Gasteiger partial charge in [0.15, 0.2) is 11.1 Å². The summed E-state index contributed by atoms with van der Waals surface area (Å²) >= 11 is 3.27. The Balaban J connectivity index is 2.51. The maximum absolute atomic E-state index is 5.02. The van der Waals surface area contributed by atoms with E-state index in [1.165, 1.54) is 6.39 Å². The molecule has 0 saturated heterocycles. The second-order valence-corrected chi connectivity index (χ2v) is 3.06. The standard InChI is InChI=1S/C9H6BrNO/c10-9-8(11-6-12-9)7-4-2-1-3-5-7/h1-6H. The number of benzene rings is 1. The Bertz CT molecular complexity index is 369. The Kier molecular flexibility index (Phi) is 1.96. The zero-order valence-electron chi connectivity index (χ0n) is 6.20. The van der Waals surface area contributed by atoms with Gasteiger partial charge in [-0.15, -0.1) is 0 Å². The van der Waals surface area contributed by atoms with E-state index < -0.39 is 0 Å². The van der Waals surface area contributed by atoms with Crippen LogP contribution in [-0.4, -0.2) is 4.98 Å². The number of halogens is 1. The lowest BCUT2D eigenvalue weighted by Crippen LogP contribution is -1.75. The fraction of sp³-hybridized carbons (Fsp3) is 0. The molecule has 1 aromatic carbocycles. The highest BCUT2D eigenvalue weighted by atomic mass is 79.9.